The minimum atomic E-state index is -0.116. The van der Waals surface area contributed by atoms with Crippen molar-refractivity contribution in [3.05, 3.63) is 0 Å². The highest BCUT2D eigenvalue weighted by molar-refractivity contribution is 5.75. The average Bonchev–Trinajstić information content (AvgIpc) is 2.42. The Bertz CT molecular complexity index is 242. The highest BCUT2D eigenvalue weighted by atomic mass is 16.3. The number of aliphatic hydroxyl groups is 1. The first-order valence-corrected chi connectivity index (χ1v) is 7.05. The summed E-state index contributed by atoms with van der Waals surface area (Å²) in [5.74, 6) is 4.97. The van der Waals surface area contributed by atoms with Crippen molar-refractivity contribution in [2.75, 3.05) is 13.2 Å². The highest BCUT2D eigenvalue weighted by Crippen LogP contribution is 2.25. The molecule has 0 radical (unpaired) electrons. The minimum absolute atomic E-state index is 0.116. The number of hydrogen-bond donors (Lipinski definition) is 3. The highest BCUT2D eigenvalue weighted by Gasteiger charge is 2.24. The topological polar surface area (TPSA) is 78.6 Å². The predicted octanol–water partition coefficient (Wildman–Crippen LogP) is 0.772. The molecule has 0 spiro atoms. The largest absolute Gasteiger partial charge is 0.395 e. The molecule has 0 heterocycles. The molecule has 0 bridgehead atoms. The molecule has 1 amide bonds. The number of rotatable bonds is 7. The Hall–Kier alpha value is -0.650. The zero-order chi connectivity index (χ0) is 13.4. The van der Waals surface area contributed by atoms with Gasteiger partial charge >= 0.3 is 0 Å². The summed E-state index contributed by atoms with van der Waals surface area (Å²) in [5.41, 5.74) is 2.16. The maximum absolute atomic E-state index is 11.2. The fourth-order valence-corrected chi connectivity index (χ4v) is 2.87. The van der Waals surface area contributed by atoms with Crippen LogP contribution in [-0.2, 0) is 4.79 Å². The first-order chi connectivity index (χ1) is 8.69. The summed E-state index contributed by atoms with van der Waals surface area (Å²) in [6.07, 6.45) is 7.56. The normalized spacial score (nSPS) is 18.9. The molecule has 1 aliphatic carbocycles. The second-order valence-corrected chi connectivity index (χ2v) is 5.21. The molecule has 1 saturated carbocycles. The number of amides is 1. The first-order valence-electron chi connectivity index (χ1n) is 7.05. The Morgan fingerprint density at radius 3 is 2.67 bits per heavy atom. The number of carbonyl (C=O) groups is 1. The quantitative estimate of drug-likeness (QED) is 0.358. The molecule has 1 rings (SSSR count). The lowest BCUT2D eigenvalue weighted by molar-refractivity contribution is -0.121. The Balaban J connectivity index is 2.45. The molecule has 1 fully saturated rings. The number of hydrogen-bond acceptors (Lipinski definition) is 4. The molecule has 5 heteroatoms. The van der Waals surface area contributed by atoms with Crippen molar-refractivity contribution < 1.29 is 9.90 Å². The van der Waals surface area contributed by atoms with Gasteiger partial charge in [-0.15, -0.1) is 0 Å². The monoisotopic (exact) mass is 257 g/mol. The third-order valence-electron chi connectivity index (χ3n) is 3.92. The molecule has 1 atom stereocenters. The van der Waals surface area contributed by atoms with Gasteiger partial charge in [-0.05, 0) is 26.2 Å². The molecule has 1 aliphatic rings. The van der Waals surface area contributed by atoms with Crippen LogP contribution in [0.15, 0.2) is 0 Å². The van der Waals surface area contributed by atoms with Crippen LogP contribution in [0.25, 0.3) is 0 Å². The van der Waals surface area contributed by atoms with Gasteiger partial charge in [0, 0.05) is 25.0 Å². The van der Waals surface area contributed by atoms with Crippen LogP contribution in [-0.4, -0.2) is 41.1 Å². The standard InChI is InChI=1S/C13H27N3O2/c1-11(7-8-13(18)15-14)16(9-10-17)12-5-3-2-4-6-12/h11-12,17H,2-10,14H2,1H3,(H,15,18). The van der Waals surface area contributed by atoms with E-state index >= 15 is 0 Å². The molecule has 4 N–H and O–H groups in total. The van der Waals surface area contributed by atoms with Crippen molar-refractivity contribution in [1.82, 2.24) is 10.3 Å². The number of nitrogens with two attached hydrogens (primary N) is 1. The number of nitrogens with one attached hydrogen (secondary N) is 1. The zero-order valence-corrected chi connectivity index (χ0v) is 11.4. The maximum Gasteiger partial charge on any atom is 0.233 e. The smallest absolute Gasteiger partial charge is 0.233 e. The van der Waals surface area contributed by atoms with Gasteiger partial charge in [0.1, 0.15) is 0 Å². The van der Waals surface area contributed by atoms with Gasteiger partial charge in [-0.25, -0.2) is 5.84 Å². The Kier molecular flexibility index (Phi) is 7.23. The summed E-state index contributed by atoms with van der Waals surface area (Å²) >= 11 is 0. The van der Waals surface area contributed by atoms with Gasteiger partial charge in [-0.2, -0.15) is 0 Å². The Morgan fingerprint density at radius 1 is 1.44 bits per heavy atom. The van der Waals surface area contributed by atoms with Crippen molar-refractivity contribution in [3.8, 4) is 0 Å². The molecule has 0 aromatic carbocycles. The molecule has 18 heavy (non-hydrogen) atoms. The SMILES string of the molecule is CC(CCC(=O)NN)N(CCO)C1CCCCC1. The molecule has 0 aromatic rings. The van der Waals surface area contributed by atoms with E-state index in [1.54, 1.807) is 0 Å². The number of aliphatic hydroxyl groups excluding tert-OH is 1. The number of carbonyl (C=O) groups excluding carboxylic acids is 1. The summed E-state index contributed by atoms with van der Waals surface area (Å²) in [5, 5.41) is 9.20. The van der Waals surface area contributed by atoms with Crippen molar-refractivity contribution in [2.24, 2.45) is 5.84 Å². The number of nitrogens with zero attached hydrogens (tertiary/aromatic N) is 1. The van der Waals surface area contributed by atoms with Gasteiger partial charge in [-0.3, -0.25) is 15.1 Å². The molecule has 0 aromatic heterocycles. The Morgan fingerprint density at radius 2 is 2.11 bits per heavy atom. The summed E-state index contributed by atoms with van der Waals surface area (Å²) in [6, 6.07) is 0.888. The van der Waals surface area contributed by atoms with Crippen LogP contribution < -0.4 is 11.3 Å². The van der Waals surface area contributed by atoms with E-state index in [0.29, 0.717) is 25.0 Å². The van der Waals surface area contributed by atoms with E-state index in [1.165, 1.54) is 32.1 Å². The van der Waals surface area contributed by atoms with Gasteiger partial charge in [-0.1, -0.05) is 19.3 Å². The third-order valence-corrected chi connectivity index (χ3v) is 3.92. The van der Waals surface area contributed by atoms with Gasteiger partial charge in [0.25, 0.3) is 0 Å². The van der Waals surface area contributed by atoms with Crippen LogP contribution in [0.2, 0.25) is 0 Å². The second kappa shape index (κ2) is 8.45. The van der Waals surface area contributed by atoms with E-state index in [2.05, 4.69) is 17.2 Å². The minimum Gasteiger partial charge on any atom is -0.395 e. The van der Waals surface area contributed by atoms with E-state index in [4.69, 9.17) is 5.84 Å². The lowest BCUT2D eigenvalue weighted by Crippen LogP contribution is -2.45. The molecule has 5 nitrogen and oxygen atoms in total. The van der Waals surface area contributed by atoms with Gasteiger partial charge in [0.05, 0.1) is 6.61 Å². The molecular weight excluding hydrogens is 230 g/mol. The van der Waals surface area contributed by atoms with Gasteiger partial charge < -0.3 is 5.11 Å². The van der Waals surface area contributed by atoms with Gasteiger partial charge in [0.15, 0.2) is 0 Å². The van der Waals surface area contributed by atoms with Crippen molar-refractivity contribution >= 4 is 5.91 Å². The van der Waals surface area contributed by atoms with E-state index < -0.39 is 0 Å². The average molecular weight is 257 g/mol. The lowest BCUT2D eigenvalue weighted by Gasteiger charge is -2.38. The van der Waals surface area contributed by atoms with Crippen LogP contribution in [0.1, 0.15) is 51.9 Å². The van der Waals surface area contributed by atoms with Crippen LogP contribution in [0.5, 0.6) is 0 Å². The van der Waals surface area contributed by atoms with E-state index in [9.17, 15) is 9.90 Å². The first kappa shape index (κ1) is 15.4. The van der Waals surface area contributed by atoms with E-state index in [0.717, 1.165) is 6.42 Å². The zero-order valence-electron chi connectivity index (χ0n) is 11.4. The van der Waals surface area contributed by atoms with Gasteiger partial charge in [0.2, 0.25) is 5.91 Å². The predicted molar refractivity (Wildman–Crippen MR) is 71.7 cm³/mol. The van der Waals surface area contributed by atoms with Crippen LogP contribution in [0, 0.1) is 0 Å². The van der Waals surface area contributed by atoms with Crippen LogP contribution in [0.3, 0.4) is 0 Å². The molecule has 106 valence electrons. The summed E-state index contributed by atoms with van der Waals surface area (Å²) in [7, 11) is 0. The summed E-state index contributed by atoms with van der Waals surface area (Å²) in [6.45, 7) is 3.02. The van der Waals surface area contributed by atoms with Crippen molar-refractivity contribution in [1.29, 1.82) is 0 Å². The van der Waals surface area contributed by atoms with Crippen molar-refractivity contribution in [3.63, 3.8) is 0 Å². The molecule has 0 aliphatic heterocycles. The van der Waals surface area contributed by atoms with Crippen LogP contribution in [0.4, 0.5) is 0 Å². The second-order valence-electron chi connectivity index (χ2n) is 5.21. The summed E-state index contributed by atoms with van der Waals surface area (Å²) in [4.78, 5) is 13.5. The summed E-state index contributed by atoms with van der Waals surface area (Å²) < 4.78 is 0. The van der Waals surface area contributed by atoms with Crippen LogP contribution >= 0.6 is 0 Å². The van der Waals surface area contributed by atoms with Crippen molar-refractivity contribution in [2.45, 2.75) is 64.0 Å². The molecule has 1 unspecified atom stereocenters. The fourth-order valence-electron chi connectivity index (χ4n) is 2.87. The van der Waals surface area contributed by atoms with E-state index in [1.807, 2.05) is 0 Å². The maximum atomic E-state index is 11.2. The molecule has 0 saturated heterocycles. The Labute approximate surface area is 110 Å². The third kappa shape index (κ3) is 4.92. The van der Waals surface area contributed by atoms with E-state index in [-0.39, 0.29) is 12.5 Å². The fraction of sp³-hybridized carbons (Fsp3) is 0.923. The number of hydrazine groups is 1. The lowest BCUT2D eigenvalue weighted by atomic mass is 9.92. The molecular formula is C13H27N3O2.